The molecule has 0 aliphatic heterocycles. The fourth-order valence-electron chi connectivity index (χ4n) is 7.93. The van der Waals surface area contributed by atoms with E-state index in [1.807, 2.05) is 72.8 Å². The highest BCUT2D eigenvalue weighted by Crippen LogP contribution is 2.55. The summed E-state index contributed by atoms with van der Waals surface area (Å²) >= 11 is 0. The van der Waals surface area contributed by atoms with Gasteiger partial charge in [-0.1, -0.05) is 80.1 Å². The first-order valence-electron chi connectivity index (χ1n) is 17.8. The van der Waals surface area contributed by atoms with Crippen molar-refractivity contribution >= 4 is 42.4 Å². The van der Waals surface area contributed by atoms with Crippen molar-refractivity contribution in [2.24, 2.45) is 5.92 Å². The van der Waals surface area contributed by atoms with Gasteiger partial charge in [-0.25, -0.2) is 0 Å². The zero-order chi connectivity index (χ0) is 40.6. The van der Waals surface area contributed by atoms with Crippen LogP contribution in [0.2, 0.25) is 0 Å². The molecule has 4 atom stereocenters. The van der Waals surface area contributed by atoms with Crippen molar-refractivity contribution in [2.45, 2.75) is 63.2 Å². The van der Waals surface area contributed by atoms with E-state index in [4.69, 9.17) is 9.47 Å². The largest absolute Gasteiger partial charge is 0.496 e. The lowest BCUT2D eigenvalue weighted by Crippen LogP contribution is -2.32. The standard InChI is InChI=1S/C43H39F9O2P2/c1-26-20-28(41(44,45)46)23-31(21-26)55(32-24-29(42(47,48)49)22-30(25-32)43(50,51)52)27(2)33-13-11-14-34(33)35-12-5-8-17-38(35)56(39-18-9-6-15-36(39)53-3)40-19-10-7-16-37(40)54-4/h5-10,12,15-25,27,33-34H,11,13-14H2,1-4H3/t27-,33+,34+,55?/m1/s1. The molecule has 296 valence electrons. The third-order valence-corrected chi connectivity index (χ3v) is 15.8. The first-order chi connectivity index (χ1) is 26.4. The molecular formula is C43H39F9O2P2. The lowest BCUT2D eigenvalue weighted by Gasteiger charge is -2.36. The third-order valence-electron chi connectivity index (χ3n) is 10.3. The molecule has 1 aliphatic rings. The lowest BCUT2D eigenvalue weighted by molar-refractivity contribution is -0.143. The van der Waals surface area contributed by atoms with Crippen molar-refractivity contribution < 1.29 is 49.0 Å². The minimum absolute atomic E-state index is 0.0612. The summed E-state index contributed by atoms with van der Waals surface area (Å²) in [6.07, 6.45) is -13.1. The van der Waals surface area contributed by atoms with E-state index in [0.29, 0.717) is 42.9 Å². The topological polar surface area (TPSA) is 18.5 Å². The minimum Gasteiger partial charge on any atom is -0.496 e. The van der Waals surface area contributed by atoms with Crippen LogP contribution in [0.25, 0.3) is 0 Å². The molecule has 0 amide bonds. The second-order valence-electron chi connectivity index (χ2n) is 13.9. The third kappa shape index (κ3) is 8.74. The zero-order valence-corrected chi connectivity index (χ0v) is 32.6. The Hall–Kier alpha value is -4.07. The van der Waals surface area contributed by atoms with Crippen LogP contribution >= 0.6 is 15.8 Å². The number of alkyl halides is 9. The molecule has 56 heavy (non-hydrogen) atoms. The van der Waals surface area contributed by atoms with Gasteiger partial charge in [0.05, 0.1) is 30.9 Å². The molecule has 0 spiro atoms. The van der Waals surface area contributed by atoms with E-state index in [-0.39, 0.29) is 34.1 Å². The van der Waals surface area contributed by atoms with Gasteiger partial charge in [-0.2, -0.15) is 39.5 Å². The van der Waals surface area contributed by atoms with Gasteiger partial charge in [-0.05, 0) is 123 Å². The minimum atomic E-state index is -5.13. The zero-order valence-electron chi connectivity index (χ0n) is 30.9. The SMILES string of the molecule is COc1ccccc1P(c1ccccc1OC)c1ccccc1[C@H]1CCC[C@H]1[C@@H](C)P(c1cc(C)cc(C(F)(F)F)c1)c1cc(C(F)(F)F)cc(C(F)(F)F)c1. The molecule has 0 N–H and O–H groups in total. The van der Waals surface area contributed by atoms with Crippen LogP contribution in [-0.2, 0) is 18.5 Å². The maximum atomic E-state index is 14.3. The molecule has 1 saturated carbocycles. The van der Waals surface area contributed by atoms with Gasteiger partial charge in [0.1, 0.15) is 11.5 Å². The molecule has 0 aromatic heterocycles. The van der Waals surface area contributed by atoms with Crippen LogP contribution in [0, 0.1) is 12.8 Å². The van der Waals surface area contributed by atoms with E-state index in [1.54, 1.807) is 21.1 Å². The number of methoxy groups -OCH3 is 2. The summed E-state index contributed by atoms with van der Waals surface area (Å²) in [4.78, 5) is 0. The molecule has 1 fully saturated rings. The molecule has 0 heterocycles. The summed E-state index contributed by atoms with van der Waals surface area (Å²) in [7, 11) is -0.387. The number of benzene rings is 5. The second kappa shape index (κ2) is 16.4. The van der Waals surface area contributed by atoms with Crippen LogP contribution in [0.3, 0.4) is 0 Å². The Balaban J connectivity index is 1.56. The highest BCUT2D eigenvalue weighted by Gasteiger charge is 2.43. The van der Waals surface area contributed by atoms with E-state index in [0.717, 1.165) is 33.6 Å². The summed E-state index contributed by atoms with van der Waals surface area (Å²) in [5.74, 6) is 0.779. The van der Waals surface area contributed by atoms with E-state index < -0.39 is 56.7 Å². The van der Waals surface area contributed by atoms with Gasteiger partial charge < -0.3 is 9.47 Å². The average Bonchev–Trinajstić information content (AvgIpc) is 3.64. The molecule has 0 saturated heterocycles. The molecular weight excluding hydrogens is 781 g/mol. The Morgan fingerprint density at radius 1 is 0.571 bits per heavy atom. The fourth-order valence-corrected chi connectivity index (χ4v) is 13.8. The maximum Gasteiger partial charge on any atom is 0.416 e. The van der Waals surface area contributed by atoms with Gasteiger partial charge in [0, 0.05) is 10.6 Å². The number of hydrogen-bond donors (Lipinski definition) is 0. The van der Waals surface area contributed by atoms with Crippen LogP contribution in [-0.4, -0.2) is 19.9 Å². The van der Waals surface area contributed by atoms with E-state index in [9.17, 15) is 39.5 Å². The van der Waals surface area contributed by atoms with Gasteiger partial charge in [-0.15, -0.1) is 0 Å². The highest BCUT2D eigenvalue weighted by molar-refractivity contribution is 7.80. The molecule has 5 aromatic rings. The average molecular weight is 821 g/mol. The molecule has 5 aromatic carbocycles. The van der Waals surface area contributed by atoms with E-state index in [1.165, 1.54) is 13.0 Å². The van der Waals surface area contributed by atoms with Crippen molar-refractivity contribution in [3.63, 3.8) is 0 Å². The van der Waals surface area contributed by atoms with Gasteiger partial charge in [0.15, 0.2) is 0 Å². The Morgan fingerprint density at radius 3 is 1.52 bits per heavy atom. The maximum absolute atomic E-state index is 14.3. The normalized spacial score (nSPS) is 17.5. The smallest absolute Gasteiger partial charge is 0.416 e. The first kappa shape index (κ1) is 41.6. The van der Waals surface area contributed by atoms with Crippen LogP contribution in [0.5, 0.6) is 11.5 Å². The van der Waals surface area contributed by atoms with Crippen LogP contribution in [0.15, 0.2) is 109 Å². The van der Waals surface area contributed by atoms with Gasteiger partial charge in [-0.3, -0.25) is 0 Å². The van der Waals surface area contributed by atoms with Crippen molar-refractivity contribution in [3.8, 4) is 11.5 Å². The van der Waals surface area contributed by atoms with Crippen molar-refractivity contribution in [1.29, 1.82) is 0 Å². The lowest BCUT2D eigenvalue weighted by atomic mass is 9.87. The van der Waals surface area contributed by atoms with Gasteiger partial charge in [0.2, 0.25) is 0 Å². The highest BCUT2D eigenvalue weighted by atomic mass is 31.1. The Labute approximate surface area is 322 Å². The summed E-state index contributed by atoms with van der Waals surface area (Å²) in [5.41, 5.74) is -3.49. The molecule has 0 bridgehead atoms. The Kier molecular flexibility index (Phi) is 12.2. The summed E-state index contributed by atoms with van der Waals surface area (Å²) in [5, 5.41) is 2.58. The van der Waals surface area contributed by atoms with Crippen molar-refractivity contribution in [2.75, 3.05) is 14.2 Å². The number of rotatable bonds is 10. The van der Waals surface area contributed by atoms with Crippen molar-refractivity contribution in [1.82, 2.24) is 0 Å². The number of ether oxygens (including phenoxy) is 2. The number of para-hydroxylation sites is 2. The molecule has 13 heteroatoms. The fraction of sp³-hybridized carbons (Fsp3) is 0.302. The molecule has 6 rings (SSSR count). The molecule has 1 unspecified atom stereocenters. The van der Waals surface area contributed by atoms with E-state index in [2.05, 4.69) is 0 Å². The predicted molar refractivity (Wildman–Crippen MR) is 207 cm³/mol. The predicted octanol–water partition coefficient (Wildman–Crippen LogP) is 11.2. The summed E-state index contributed by atoms with van der Waals surface area (Å²) in [6.45, 7) is 3.21. The number of halogens is 9. The quantitative estimate of drug-likeness (QED) is 0.103. The summed E-state index contributed by atoms with van der Waals surface area (Å²) < 4.78 is 140. The number of hydrogen-bond acceptors (Lipinski definition) is 2. The van der Waals surface area contributed by atoms with E-state index >= 15 is 0 Å². The van der Waals surface area contributed by atoms with Crippen LogP contribution < -0.4 is 36.0 Å². The monoisotopic (exact) mass is 820 g/mol. The van der Waals surface area contributed by atoms with Gasteiger partial charge in [0.25, 0.3) is 0 Å². The van der Waals surface area contributed by atoms with Gasteiger partial charge >= 0.3 is 18.5 Å². The summed E-state index contributed by atoms with van der Waals surface area (Å²) in [6, 6.07) is 27.9. The van der Waals surface area contributed by atoms with Crippen LogP contribution in [0.1, 0.15) is 59.9 Å². The molecule has 0 radical (unpaired) electrons. The van der Waals surface area contributed by atoms with Crippen LogP contribution in [0.4, 0.5) is 39.5 Å². The molecule has 1 aliphatic carbocycles. The van der Waals surface area contributed by atoms with Crippen molar-refractivity contribution in [3.05, 3.63) is 137 Å². The Bertz CT molecular complexity index is 2080. The Morgan fingerprint density at radius 2 is 1.02 bits per heavy atom. The number of aryl methyl sites for hydroxylation is 1. The molecule has 2 nitrogen and oxygen atoms in total. The first-order valence-corrected chi connectivity index (χ1v) is 20.6. The second-order valence-corrected chi connectivity index (χ2v) is 18.6.